The highest BCUT2D eigenvalue weighted by Crippen LogP contribution is 2.16. The fourth-order valence-corrected chi connectivity index (χ4v) is 1.14. The van der Waals surface area contributed by atoms with Gasteiger partial charge in [0.15, 0.2) is 0 Å². The molecule has 1 aromatic rings. The quantitative estimate of drug-likeness (QED) is 0.552. The second-order valence-electron chi connectivity index (χ2n) is 3.38. The molecule has 3 nitrogen and oxygen atoms in total. The largest absolute Gasteiger partial charge is 0.398 e. The summed E-state index contributed by atoms with van der Waals surface area (Å²) in [5, 5.41) is 2.53. The second kappa shape index (κ2) is 5.17. The van der Waals surface area contributed by atoms with E-state index in [2.05, 4.69) is 17.2 Å². The zero-order chi connectivity index (χ0) is 12.1. The van der Waals surface area contributed by atoms with Crippen LogP contribution in [0.1, 0.15) is 18.1 Å². The minimum Gasteiger partial charge on any atom is -0.398 e. The van der Waals surface area contributed by atoms with Crippen LogP contribution >= 0.6 is 0 Å². The van der Waals surface area contributed by atoms with Gasteiger partial charge in [-0.05, 0) is 24.6 Å². The van der Waals surface area contributed by atoms with Gasteiger partial charge in [0, 0.05) is 18.2 Å². The predicted molar refractivity (Wildman–Crippen MR) is 61.1 cm³/mol. The molecule has 0 aliphatic carbocycles. The molecule has 0 aromatic heterocycles. The third-order valence-corrected chi connectivity index (χ3v) is 2.06. The van der Waals surface area contributed by atoms with Crippen LogP contribution in [0.5, 0.6) is 0 Å². The van der Waals surface area contributed by atoms with Crippen LogP contribution in [-0.2, 0) is 4.79 Å². The number of halogens is 1. The molecule has 0 spiro atoms. The Bertz CT molecular complexity index is 472. The lowest BCUT2D eigenvalue weighted by Crippen LogP contribution is -2.19. The summed E-state index contributed by atoms with van der Waals surface area (Å²) in [4.78, 5) is 10.6. The molecule has 0 aliphatic heterocycles. The maximum absolute atomic E-state index is 13.0. The third kappa shape index (κ3) is 3.28. The van der Waals surface area contributed by atoms with Crippen molar-refractivity contribution in [3.05, 3.63) is 29.1 Å². The van der Waals surface area contributed by atoms with Gasteiger partial charge in [-0.15, -0.1) is 0 Å². The van der Waals surface area contributed by atoms with Crippen LogP contribution in [0.15, 0.2) is 12.1 Å². The summed E-state index contributed by atoms with van der Waals surface area (Å²) in [6.45, 7) is 3.43. The van der Waals surface area contributed by atoms with E-state index in [9.17, 15) is 9.18 Å². The van der Waals surface area contributed by atoms with Crippen molar-refractivity contribution in [1.29, 1.82) is 0 Å². The van der Waals surface area contributed by atoms with Gasteiger partial charge in [0.25, 0.3) is 0 Å². The van der Waals surface area contributed by atoms with Gasteiger partial charge < -0.3 is 11.1 Å². The van der Waals surface area contributed by atoms with Crippen LogP contribution in [0, 0.1) is 24.6 Å². The Morgan fingerprint density at radius 2 is 2.25 bits per heavy atom. The molecule has 1 amide bonds. The fourth-order valence-electron chi connectivity index (χ4n) is 1.14. The highest BCUT2D eigenvalue weighted by atomic mass is 19.1. The summed E-state index contributed by atoms with van der Waals surface area (Å²) in [6, 6.07) is 2.58. The standard InChI is InChI=1S/C12H13FN2O/c1-8-10(4-3-5-15-9(2)16)6-11(13)7-12(8)14/h6-7H,5,14H2,1-2H3,(H,15,16). The van der Waals surface area contributed by atoms with E-state index in [0.29, 0.717) is 11.3 Å². The number of anilines is 1. The van der Waals surface area contributed by atoms with Gasteiger partial charge in [0.1, 0.15) is 5.82 Å². The van der Waals surface area contributed by atoms with E-state index >= 15 is 0 Å². The number of nitrogens with two attached hydrogens (primary N) is 1. The maximum atomic E-state index is 13.0. The minimum atomic E-state index is -0.410. The van der Waals surface area contributed by atoms with Crippen LogP contribution < -0.4 is 11.1 Å². The van der Waals surface area contributed by atoms with Crippen molar-refractivity contribution >= 4 is 11.6 Å². The molecule has 0 heterocycles. The van der Waals surface area contributed by atoms with Crippen LogP contribution in [0.4, 0.5) is 10.1 Å². The number of nitrogen functional groups attached to an aromatic ring is 1. The van der Waals surface area contributed by atoms with E-state index in [1.165, 1.54) is 19.1 Å². The van der Waals surface area contributed by atoms with Crippen LogP contribution in [0.3, 0.4) is 0 Å². The molecule has 0 saturated carbocycles. The Hall–Kier alpha value is -2.02. The summed E-state index contributed by atoms with van der Waals surface area (Å²) in [5.41, 5.74) is 7.27. The van der Waals surface area contributed by atoms with Crippen molar-refractivity contribution < 1.29 is 9.18 Å². The Morgan fingerprint density at radius 3 is 2.88 bits per heavy atom. The first kappa shape index (κ1) is 12.1. The summed E-state index contributed by atoms with van der Waals surface area (Å²) < 4.78 is 13.0. The summed E-state index contributed by atoms with van der Waals surface area (Å²) in [6.07, 6.45) is 0. The molecule has 0 unspecified atom stereocenters. The minimum absolute atomic E-state index is 0.148. The van der Waals surface area contributed by atoms with E-state index in [1.807, 2.05) is 0 Å². The van der Waals surface area contributed by atoms with Crippen LogP contribution in [0.2, 0.25) is 0 Å². The lowest BCUT2D eigenvalue weighted by Gasteiger charge is -2.02. The monoisotopic (exact) mass is 220 g/mol. The van der Waals surface area contributed by atoms with E-state index in [1.54, 1.807) is 6.92 Å². The van der Waals surface area contributed by atoms with Crippen LogP contribution in [0.25, 0.3) is 0 Å². The number of amides is 1. The smallest absolute Gasteiger partial charge is 0.217 e. The summed E-state index contributed by atoms with van der Waals surface area (Å²) in [5.74, 6) is 4.93. The van der Waals surface area contributed by atoms with Crippen molar-refractivity contribution in [1.82, 2.24) is 5.32 Å². The van der Waals surface area contributed by atoms with Crippen molar-refractivity contribution in [3.63, 3.8) is 0 Å². The average Bonchev–Trinajstić information content (AvgIpc) is 2.19. The van der Waals surface area contributed by atoms with Gasteiger partial charge in [-0.3, -0.25) is 4.79 Å². The number of hydrogen-bond acceptors (Lipinski definition) is 2. The van der Waals surface area contributed by atoms with Crippen molar-refractivity contribution in [2.75, 3.05) is 12.3 Å². The molecule has 3 N–H and O–H groups in total. The third-order valence-electron chi connectivity index (χ3n) is 2.06. The first-order valence-electron chi connectivity index (χ1n) is 4.79. The van der Waals surface area contributed by atoms with E-state index in [4.69, 9.17) is 5.73 Å². The summed E-state index contributed by atoms with van der Waals surface area (Å²) in [7, 11) is 0. The van der Waals surface area contributed by atoms with E-state index in [0.717, 1.165) is 5.56 Å². The first-order valence-corrected chi connectivity index (χ1v) is 4.79. The van der Waals surface area contributed by atoms with Gasteiger partial charge in [-0.2, -0.15) is 0 Å². The lowest BCUT2D eigenvalue weighted by molar-refractivity contribution is -0.118. The SMILES string of the molecule is CC(=O)NCC#Cc1cc(F)cc(N)c1C. The van der Waals surface area contributed by atoms with Gasteiger partial charge in [-0.1, -0.05) is 11.8 Å². The molecule has 0 fully saturated rings. The molecule has 0 saturated heterocycles. The highest BCUT2D eigenvalue weighted by molar-refractivity contribution is 5.73. The van der Waals surface area contributed by atoms with Gasteiger partial charge in [-0.25, -0.2) is 4.39 Å². The Labute approximate surface area is 93.8 Å². The number of benzene rings is 1. The number of carbonyl (C=O) groups excluding carboxylic acids is 1. The molecule has 0 atom stereocenters. The van der Waals surface area contributed by atoms with Gasteiger partial charge in [0.05, 0.1) is 6.54 Å². The Kier molecular flexibility index (Phi) is 3.90. The van der Waals surface area contributed by atoms with Gasteiger partial charge >= 0.3 is 0 Å². The maximum Gasteiger partial charge on any atom is 0.217 e. The van der Waals surface area contributed by atoms with Crippen molar-refractivity contribution in [2.24, 2.45) is 0 Å². The topological polar surface area (TPSA) is 55.1 Å². The van der Waals surface area contributed by atoms with E-state index < -0.39 is 5.82 Å². The number of hydrogen-bond donors (Lipinski definition) is 2. The molecule has 16 heavy (non-hydrogen) atoms. The molecule has 0 bridgehead atoms. The van der Waals surface area contributed by atoms with Gasteiger partial charge in [0.2, 0.25) is 5.91 Å². The molecule has 0 aliphatic rings. The molecule has 1 rings (SSSR count). The number of carbonyl (C=O) groups is 1. The Balaban J connectivity index is 2.84. The molecular formula is C12H13FN2O. The zero-order valence-electron chi connectivity index (χ0n) is 9.23. The normalized spacial score (nSPS) is 9.19. The lowest BCUT2D eigenvalue weighted by atomic mass is 10.1. The first-order chi connectivity index (χ1) is 7.50. The molecule has 84 valence electrons. The van der Waals surface area contributed by atoms with E-state index in [-0.39, 0.29) is 12.5 Å². The second-order valence-corrected chi connectivity index (χ2v) is 3.38. The summed E-state index contributed by atoms with van der Waals surface area (Å²) >= 11 is 0. The fraction of sp³-hybridized carbons (Fsp3) is 0.250. The molecular weight excluding hydrogens is 207 g/mol. The predicted octanol–water partition coefficient (Wildman–Crippen LogP) is 1.20. The molecule has 4 heteroatoms. The number of nitrogens with one attached hydrogen (secondary N) is 1. The average molecular weight is 220 g/mol. The van der Waals surface area contributed by atoms with Crippen molar-refractivity contribution in [3.8, 4) is 11.8 Å². The van der Waals surface area contributed by atoms with Crippen molar-refractivity contribution in [2.45, 2.75) is 13.8 Å². The van der Waals surface area contributed by atoms with Crippen LogP contribution in [-0.4, -0.2) is 12.5 Å². The molecule has 1 aromatic carbocycles. The number of rotatable bonds is 1. The highest BCUT2D eigenvalue weighted by Gasteiger charge is 2.02. The molecule has 0 radical (unpaired) electrons. The zero-order valence-corrected chi connectivity index (χ0v) is 9.23. The Morgan fingerprint density at radius 1 is 1.56 bits per heavy atom.